The summed E-state index contributed by atoms with van der Waals surface area (Å²) in [6.07, 6.45) is 1.02. The van der Waals surface area contributed by atoms with Crippen LogP contribution < -0.4 is 5.32 Å². The van der Waals surface area contributed by atoms with Crippen LogP contribution in [0, 0.1) is 17.3 Å². The van der Waals surface area contributed by atoms with Crippen molar-refractivity contribution in [1.29, 1.82) is 0 Å². The van der Waals surface area contributed by atoms with Gasteiger partial charge in [-0.15, -0.1) is 0 Å². The van der Waals surface area contributed by atoms with Gasteiger partial charge in [0.2, 0.25) is 5.91 Å². The second kappa shape index (κ2) is 3.08. The van der Waals surface area contributed by atoms with E-state index in [9.17, 15) is 4.79 Å². The Morgan fingerprint density at radius 1 is 1.50 bits per heavy atom. The first kappa shape index (κ1) is 9.56. The monoisotopic (exact) mass is 169 g/mol. The van der Waals surface area contributed by atoms with Gasteiger partial charge in [0, 0.05) is 12.0 Å². The van der Waals surface area contributed by atoms with E-state index in [-0.39, 0.29) is 11.3 Å². The third-order valence-electron chi connectivity index (χ3n) is 2.85. The fourth-order valence-electron chi connectivity index (χ4n) is 1.75. The fourth-order valence-corrected chi connectivity index (χ4v) is 1.75. The maximum absolute atomic E-state index is 11.4. The van der Waals surface area contributed by atoms with Crippen molar-refractivity contribution in [3.8, 4) is 0 Å². The van der Waals surface area contributed by atoms with E-state index in [1.165, 1.54) is 0 Å². The Balaban J connectivity index is 2.63. The third-order valence-corrected chi connectivity index (χ3v) is 2.85. The standard InChI is InChI=1S/C10H19NO/c1-7(2)8-5-10(3,4)9(12)11-6-8/h7-8H,5-6H2,1-4H3,(H,11,12). The Labute approximate surface area is 74.7 Å². The summed E-state index contributed by atoms with van der Waals surface area (Å²) in [6.45, 7) is 9.35. The van der Waals surface area contributed by atoms with Gasteiger partial charge in [0.25, 0.3) is 0 Å². The van der Waals surface area contributed by atoms with Gasteiger partial charge in [-0.3, -0.25) is 4.79 Å². The molecule has 2 heteroatoms. The summed E-state index contributed by atoms with van der Waals surface area (Å²) in [4.78, 5) is 11.4. The van der Waals surface area contributed by atoms with Crippen LogP contribution in [0.15, 0.2) is 0 Å². The molecule has 1 amide bonds. The highest BCUT2D eigenvalue weighted by Crippen LogP contribution is 2.32. The molecule has 0 spiro atoms. The molecule has 0 aliphatic carbocycles. The highest BCUT2D eigenvalue weighted by atomic mass is 16.2. The number of amides is 1. The van der Waals surface area contributed by atoms with E-state index in [1.54, 1.807) is 0 Å². The molecule has 1 N–H and O–H groups in total. The molecule has 1 heterocycles. The quantitative estimate of drug-likeness (QED) is 0.637. The first-order valence-electron chi connectivity index (χ1n) is 4.72. The van der Waals surface area contributed by atoms with Crippen LogP contribution in [0.5, 0.6) is 0 Å². The lowest BCUT2D eigenvalue weighted by Gasteiger charge is -2.36. The van der Waals surface area contributed by atoms with Gasteiger partial charge in [0.15, 0.2) is 0 Å². The van der Waals surface area contributed by atoms with Crippen molar-refractivity contribution in [2.75, 3.05) is 6.54 Å². The van der Waals surface area contributed by atoms with Crippen LogP contribution in [0.1, 0.15) is 34.1 Å². The van der Waals surface area contributed by atoms with Crippen LogP contribution >= 0.6 is 0 Å². The van der Waals surface area contributed by atoms with Crippen LogP contribution in [0.3, 0.4) is 0 Å². The SMILES string of the molecule is CC(C)C1CNC(=O)C(C)(C)C1. The van der Waals surface area contributed by atoms with Crippen LogP contribution in [0.4, 0.5) is 0 Å². The number of carbonyl (C=O) groups excluding carboxylic acids is 1. The highest BCUT2D eigenvalue weighted by molar-refractivity contribution is 5.82. The Bertz CT molecular complexity index is 184. The van der Waals surface area contributed by atoms with Gasteiger partial charge >= 0.3 is 0 Å². The minimum Gasteiger partial charge on any atom is -0.355 e. The average Bonchev–Trinajstić information content (AvgIpc) is 1.94. The van der Waals surface area contributed by atoms with Crippen LogP contribution in [0.25, 0.3) is 0 Å². The Morgan fingerprint density at radius 3 is 2.50 bits per heavy atom. The van der Waals surface area contributed by atoms with Crippen LogP contribution in [-0.2, 0) is 4.79 Å². The van der Waals surface area contributed by atoms with Gasteiger partial charge in [-0.2, -0.15) is 0 Å². The summed E-state index contributed by atoms with van der Waals surface area (Å²) in [5.74, 6) is 1.53. The molecule has 0 aromatic rings. The molecule has 1 saturated heterocycles. The first-order chi connectivity index (χ1) is 5.43. The van der Waals surface area contributed by atoms with Gasteiger partial charge in [0.1, 0.15) is 0 Å². The molecule has 2 nitrogen and oxygen atoms in total. The van der Waals surface area contributed by atoms with Gasteiger partial charge in [-0.25, -0.2) is 0 Å². The Hall–Kier alpha value is -0.530. The number of piperidine rings is 1. The summed E-state index contributed by atoms with van der Waals surface area (Å²) in [6, 6.07) is 0. The minimum absolute atomic E-state index is 0.160. The minimum atomic E-state index is -0.160. The maximum atomic E-state index is 11.4. The van der Waals surface area contributed by atoms with Crippen molar-refractivity contribution in [2.24, 2.45) is 17.3 Å². The van der Waals surface area contributed by atoms with Crippen molar-refractivity contribution in [3.63, 3.8) is 0 Å². The summed E-state index contributed by atoms with van der Waals surface area (Å²) >= 11 is 0. The van der Waals surface area contributed by atoms with Gasteiger partial charge in [-0.05, 0) is 18.3 Å². The Kier molecular flexibility index (Phi) is 2.45. The number of hydrogen-bond donors (Lipinski definition) is 1. The number of rotatable bonds is 1. The molecule has 12 heavy (non-hydrogen) atoms. The number of nitrogens with one attached hydrogen (secondary N) is 1. The predicted molar refractivity (Wildman–Crippen MR) is 49.7 cm³/mol. The van der Waals surface area contributed by atoms with Crippen molar-refractivity contribution in [3.05, 3.63) is 0 Å². The largest absolute Gasteiger partial charge is 0.355 e. The second-order valence-electron chi connectivity index (χ2n) is 4.80. The average molecular weight is 169 g/mol. The molecule has 0 aromatic carbocycles. The molecule has 70 valence electrons. The van der Waals surface area contributed by atoms with E-state index in [2.05, 4.69) is 19.2 Å². The molecular formula is C10H19NO. The molecule has 1 atom stereocenters. The van der Waals surface area contributed by atoms with E-state index in [0.717, 1.165) is 13.0 Å². The van der Waals surface area contributed by atoms with Crippen molar-refractivity contribution < 1.29 is 4.79 Å². The lowest BCUT2D eigenvalue weighted by atomic mass is 9.75. The zero-order valence-corrected chi connectivity index (χ0v) is 8.48. The zero-order chi connectivity index (χ0) is 9.35. The normalized spacial score (nSPS) is 28.8. The van der Waals surface area contributed by atoms with Crippen molar-refractivity contribution >= 4 is 5.91 Å². The van der Waals surface area contributed by atoms with Crippen molar-refractivity contribution in [1.82, 2.24) is 5.32 Å². The van der Waals surface area contributed by atoms with E-state index >= 15 is 0 Å². The summed E-state index contributed by atoms with van der Waals surface area (Å²) < 4.78 is 0. The molecule has 0 radical (unpaired) electrons. The molecule has 0 saturated carbocycles. The summed E-state index contributed by atoms with van der Waals surface area (Å²) in [7, 11) is 0. The molecule has 0 aromatic heterocycles. The molecule has 1 unspecified atom stereocenters. The molecular weight excluding hydrogens is 150 g/mol. The van der Waals surface area contributed by atoms with E-state index in [0.29, 0.717) is 11.8 Å². The number of carbonyl (C=O) groups is 1. The summed E-state index contributed by atoms with van der Waals surface area (Å²) in [5.41, 5.74) is -0.160. The molecule has 1 aliphatic rings. The van der Waals surface area contributed by atoms with Crippen LogP contribution in [0.2, 0.25) is 0 Å². The summed E-state index contributed by atoms with van der Waals surface area (Å²) in [5, 5.41) is 2.96. The first-order valence-corrected chi connectivity index (χ1v) is 4.72. The van der Waals surface area contributed by atoms with Gasteiger partial charge in [-0.1, -0.05) is 27.7 Å². The maximum Gasteiger partial charge on any atom is 0.225 e. The van der Waals surface area contributed by atoms with Gasteiger partial charge in [0.05, 0.1) is 0 Å². The smallest absolute Gasteiger partial charge is 0.225 e. The highest BCUT2D eigenvalue weighted by Gasteiger charge is 2.36. The van der Waals surface area contributed by atoms with Crippen molar-refractivity contribution in [2.45, 2.75) is 34.1 Å². The Morgan fingerprint density at radius 2 is 2.08 bits per heavy atom. The van der Waals surface area contributed by atoms with E-state index in [4.69, 9.17) is 0 Å². The van der Waals surface area contributed by atoms with Crippen LogP contribution in [-0.4, -0.2) is 12.5 Å². The topological polar surface area (TPSA) is 29.1 Å². The predicted octanol–water partition coefficient (Wildman–Crippen LogP) is 1.80. The molecule has 1 rings (SSSR count). The lowest BCUT2D eigenvalue weighted by molar-refractivity contribution is -0.133. The molecule has 0 bridgehead atoms. The fraction of sp³-hybridized carbons (Fsp3) is 0.900. The van der Waals surface area contributed by atoms with E-state index in [1.807, 2.05) is 13.8 Å². The van der Waals surface area contributed by atoms with Gasteiger partial charge < -0.3 is 5.32 Å². The number of hydrogen-bond acceptors (Lipinski definition) is 1. The lowest BCUT2D eigenvalue weighted by Crippen LogP contribution is -2.47. The zero-order valence-electron chi connectivity index (χ0n) is 8.48. The molecule has 1 fully saturated rings. The molecule has 1 aliphatic heterocycles. The van der Waals surface area contributed by atoms with E-state index < -0.39 is 0 Å². The second-order valence-corrected chi connectivity index (χ2v) is 4.80. The third kappa shape index (κ3) is 1.79.